The van der Waals surface area contributed by atoms with Crippen molar-refractivity contribution in [3.05, 3.63) is 102 Å². The molecule has 43 heavy (non-hydrogen) atoms. The second-order valence-electron chi connectivity index (χ2n) is 11.7. The van der Waals surface area contributed by atoms with Crippen molar-refractivity contribution in [1.82, 2.24) is 10.2 Å². The van der Waals surface area contributed by atoms with Crippen LogP contribution in [0.1, 0.15) is 56.4 Å². The fourth-order valence-corrected chi connectivity index (χ4v) is 5.26. The lowest BCUT2D eigenvalue weighted by Crippen LogP contribution is -2.56. The van der Waals surface area contributed by atoms with Crippen LogP contribution in [0.25, 0.3) is 0 Å². The van der Waals surface area contributed by atoms with Gasteiger partial charge in [-0.05, 0) is 53.6 Å². The second kappa shape index (κ2) is 14.2. The summed E-state index contributed by atoms with van der Waals surface area (Å²) >= 11 is 0. The summed E-state index contributed by atoms with van der Waals surface area (Å²) in [5.74, 6) is 5.50. The van der Waals surface area contributed by atoms with Crippen LogP contribution in [-0.4, -0.2) is 59.2 Å². The van der Waals surface area contributed by atoms with Crippen molar-refractivity contribution in [2.45, 2.75) is 57.9 Å². The molecule has 3 atom stereocenters. The van der Waals surface area contributed by atoms with E-state index >= 15 is 0 Å². The monoisotopic (exact) mass is 588 g/mol. The van der Waals surface area contributed by atoms with E-state index in [4.69, 9.17) is 25.6 Å². The molecule has 3 aromatic rings. The van der Waals surface area contributed by atoms with Gasteiger partial charge in [-0.3, -0.25) is 10.2 Å². The number of nitrogens with two attached hydrogens (primary N) is 1. The smallest absolute Gasteiger partial charge is 0.407 e. The number of carbonyl (C=O) groups excluding carboxylic acids is 1. The largest absolute Gasteiger partial charge is 0.490 e. The molecule has 0 aliphatic carbocycles. The Morgan fingerprint density at radius 1 is 1.00 bits per heavy atom. The van der Waals surface area contributed by atoms with E-state index in [9.17, 15) is 14.7 Å². The molecule has 228 valence electrons. The third-order valence-electron chi connectivity index (χ3n) is 7.61. The Balaban J connectivity index is 1.33. The number of benzene rings is 3. The summed E-state index contributed by atoms with van der Waals surface area (Å²) in [6, 6.07) is 25.6. The number of nitrogens with one attached hydrogen (secondary N) is 2. The van der Waals surface area contributed by atoms with E-state index in [1.165, 1.54) is 4.90 Å². The predicted molar refractivity (Wildman–Crippen MR) is 163 cm³/mol. The van der Waals surface area contributed by atoms with Crippen molar-refractivity contribution in [2.75, 3.05) is 13.2 Å². The first-order chi connectivity index (χ1) is 20.6. The third kappa shape index (κ3) is 8.33. The molecular formula is C33H40N4O6. The molecule has 1 aliphatic rings. The van der Waals surface area contributed by atoms with Crippen molar-refractivity contribution in [2.24, 2.45) is 11.3 Å². The van der Waals surface area contributed by atoms with Gasteiger partial charge in [0.25, 0.3) is 0 Å². The van der Waals surface area contributed by atoms with Gasteiger partial charge in [-0.2, -0.15) is 0 Å². The highest BCUT2D eigenvalue weighted by molar-refractivity contribution is 5.96. The van der Waals surface area contributed by atoms with Crippen molar-refractivity contribution in [3.63, 3.8) is 0 Å². The summed E-state index contributed by atoms with van der Waals surface area (Å²) in [5.41, 5.74) is 2.06. The predicted octanol–water partition coefficient (Wildman–Crippen LogP) is 5.13. The molecule has 0 saturated carbocycles. The third-order valence-corrected chi connectivity index (χ3v) is 7.61. The van der Waals surface area contributed by atoms with E-state index in [-0.39, 0.29) is 29.9 Å². The molecule has 0 spiro atoms. The fraction of sp³-hybridized carbons (Fsp3) is 0.364. The average molecular weight is 589 g/mol. The zero-order valence-corrected chi connectivity index (χ0v) is 24.7. The lowest BCUT2D eigenvalue weighted by atomic mass is 9.79. The molecule has 5 N–H and O–H groups in total. The van der Waals surface area contributed by atoms with Crippen LogP contribution in [0.15, 0.2) is 84.9 Å². The van der Waals surface area contributed by atoms with Crippen LogP contribution in [-0.2, 0) is 14.4 Å². The quantitative estimate of drug-likeness (QED) is 0.110. The van der Waals surface area contributed by atoms with Gasteiger partial charge in [-0.25, -0.2) is 15.5 Å². The Labute approximate surface area is 252 Å². The van der Waals surface area contributed by atoms with Crippen LogP contribution >= 0.6 is 0 Å². The molecular weight excluding hydrogens is 548 g/mol. The minimum absolute atomic E-state index is 0.0210. The molecule has 1 amide bonds. The number of piperidine rings is 1. The van der Waals surface area contributed by atoms with Gasteiger partial charge in [-0.15, -0.1) is 0 Å². The van der Waals surface area contributed by atoms with Gasteiger partial charge in [0.05, 0.1) is 0 Å². The molecule has 1 aliphatic heterocycles. The summed E-state index contributed by atoms with van der Waals surface area (Å²) in [7, 11) is 0. The number of ether oxygens (including phenoxy) is 2. The van der Waals surface area contributed by atoms with Crippen molar-refractivity contribution >= 4 is 17.9 Å². The number of esters is 1. The molecule has 10 nitrogen and oxygen atoms in total. The highest BCUT2D eigenvalue weighted by Crippen LogP contribution is 2.32. The number of rotatable bonds is 10. The highest BCUT2D eigenvalue weighted by atomic mass is 16.7. The molecule has 1 heterocycles. The van der Waals surface area contributed by atoms with Crippen LogP contribution in [0.2, 0.25) is 0 Å². The van der Waals surface area contributed by atoms with Crippen LogP contribution < -0.4 is 16.0 Å². The second-order valence-corrected chi connectivity index (χ2v) is 11.7. The Morgan fingerprint density at radius 2 is 1.58 bits per heavy atom. The zero-order valence-electron chi connectivity index (χ0n) is 24.7. The summed E-state index contributed by atoms with van der Waals surface area (Å²) in [5, 5.41) is 21.4. The molecule has 0 bridgehead atoms. The van der Waals surface area contributed by atoms with E-state index in [1.54, 1.807) is 24.3 Å². The standard InChI is InChI=1S/C33H40N4O6/c1-33(2,3)28-20-25(18-19-37(28)32(39)40)36-30(34)24-14-16-26(17-15-24)41-21-27(43-35)31(38)42-29(22-10-6-4-7-11-22)23-12-8-5-9-13-23/h4-17,25,27-29H,18-21,35H2,1-3H3,(H2,34,36)(H,39,40)/t25?,27-,28?/m0/s1. The molecule has 1 fully saturated rings. The summed E-state index contributed by atoms with van der Waals surface area (Å²) in [6.45, 7) is 6.34. The topological polar surface area (TPSA) is 147 Å². The first-order valence-electron chi connectivity index (χ1n) is 14.3. The Morgan fingerprint density at radius 3 is 2.09 bits per heavy atom. The average Bonchev–Trinajstić information content (AvgIpc) is 3.00. The first kappa shape index (κ1) is 31.5. The minimum Gasteiger partial charge on any atom is -0.490 e. The number of nitrogens with zero attached hydrogens (tertiary/aromatic N) is 1. The molecule has 1 saturated heterocycles. The van der Waals surface area contributed by atoms with Gasteiger partial charge in [0, 0.05) is 24.2 Å². The summed E-state index contributed by atoms with van der Waals surface area (Å²) in [6.07, 6.45) is -1.48. The van der Waals surface area contributed by atoms with Crippen LogP contribution in [0.3, 0.4) is 0 Å². The summed E-state index contributed by atoms with van der Waals surface area (Å²) in [4.78, 5) is 31.2. The number of amides is 1. The van der Waals surface area contributed by atoms with Gasteiger partial charge in [0.15, 0.2) is 6.10 Å². The fourth-order valence-electron chi connectivity index (χ4n) is 5.26. The van der Waals surface area contributed by atoms with E-state index in [0.29, 0.717) is 30.7 Å². The van der Waals surface area contributed by atoms with Crippen molar-refractivity contribution < 1.29 is 29.0 Å². The minimum atomic E-state index is -1.16. The van der Waals surface area contributed by atoms with Crippen molar-refractivity contribution in [1.29, 1.82) is 5.41 Å². The van der Waals surface area contributed by atoms with Crippen molar-refractivity contribution in [3.8, 4) is 5.75 Å². The maximum absolute atomic E-state index is 13.0. The van der Waals surface area contributed by atoms with Gasteiger partial charge in [0.2, 0.25) is 6.10 Å². The SMILES string of the molecule is CC(C)(C)C1CC(NC(=N)c2ccc(OC[C@H](ON)C(=O)OC(c3ccccc3)c3ccccc3)cc2)CCN1C(=O)O. The highest BCUT2D eigenvalue weighted by Gasteiger charge is 2.39. The van der Waals surface area contributed by atoms with Crippen LogP contribution in [0, 0.1) is 10.8 Å². The van der Waals surface area contributed by atoms with Crippen LogP contribution in [0.5, 0.6) is 5.75 Å². The maximum atomic E-state index is 13.0. The van der Waals surface area contributed by atoms with Gasteiger partial charge < -0.3 is 24.8 Å². The van der Waals surface area contributed by atoms with E-state index in [2.05, 4.69) is 5.32 Å². The Kier molecular flexibility index (Phi) is 10.4. The number of carboxylic acid groups (broad SMARTS) is 1. The Bertz CT molecular complexity index is 1320. The molecule has 3 aromatic carbocycles. The number of hydrogen-bond donors (Lipinski definition) is 4. The molecule has 2 unspecified atom stereocenters. The van der Waals surface area contributed by atoms with Crippen LogP contribution in [0.4, 0.5) is 4.79 Å². The van der Waals surface area contributed by atoms with E-state index < -0.39 is 24.3 Å². The number of carbonyl (C=O) groups is 2. The Hall–Kier alpha value is -4.41. The van der Waals surface area contributed by atoms with Gasteiger partial charge >= 0.3 is 12.1 Å². The normalized spacial score (nSPS) is 17.7. The maximum Gasteiger partial charge on any atom is 0.407 e. The lowest BCUT2D eigenvalue weighted by molar-refractivity contribution is -0.163. The molecule has 10 heteroatoms. The summed E-state index contributed by atoms with van der Waals surface area (Å²) < 4.78 is 11.6. The van der Waals surface area contributed by atoms with Gasteiger partial charge in [-0.1, -0.05) is 81.4 Å². The number of amidine groups is 1. The molecule has 0 aromatic heterocycles. The zero-order chi connectivity index (χ0) is 31.0. The number of likely N-dealkylation sites (tertiary alicyclic amines) is 1. The lowest BCUT2D eigenvalue weighted by Gasteiger charge is -2.44. The van der Waals surface area contributed by atoms with E-state index in [1.807, 2.05) is 81.4 Å². The van der Waals surface area contributed by atoms with Gasteiger partial charge in [0.1, 0.15) is 18.2 Å². The molecule has 4 rings (SSSR count). The molecule has 0 radical (unpaired) electrons. The van der Waals surface area contributed by atoms with E-state index in [0.717, 1.165) is 11.1 Å². The number of hydrogen-bond acceptors (Lipinski definition) is 7. The first-order valence-corrected chi connectivity index (χ1v) is 14.3.